The summed E-state index contributed by atoms with van der Waals surface area (Å²) in [4.78, 5) is 15.9. The summed E-state index contributed by atoms with van der Waals surface area (Å²) in [5.74, 6) is 0.745. The number of thiophene rings is 1. The summed E-state index contributed by atoms with van der Waals surface area (Å²) in [6, 6.07) is 8.40. The summed E-state index contributed by atoms with van der Waals surface area (Å²) >= 11 is 1.83. The van der Waals surface area contributed by atoms with Crippen LogP contribution in [0.1, 0.15) is 34.0 Å². The lowest BCUT2D eigenvalue weighted by molar-refractivity contribution is 0.572. The minimum atomic E-state index is 0.212. The fourth-order valence-corrected chi connectivity index (χ4v) is 3.33. The predicted octanol–water partition coefficient (Wildman–Crippen LogP) is 4.07. The van der Waals surface area contributed by atoms with Crippen LogP contribution in [0.25, 0.3) is 11.4 Å². The van der Waals surface area contributed by atoms with E-state index in [0.29, 0.717) is 0 Å². The van der Waals surface area contributed by atoms with Crippen LogP contribution in [-0.2, 0) is 6.54 Å². The van der Waals surface area contributed by atoms with Gasteiger partial charge < -0.3 is 5.32 Å². The lowest BCUT2D eigenvalue weighted by Crippen LogP contribution is -2.19. The zero-order chi connectivity index (χ0) is 16.2. The highest BCUT2D eigenvalue weighted by Crippen LogP contribution is 2.21. The van der Waals surface area contributed by atoms with Crippen molar-refractivity contribution in [2.45, 2.75) is 33.4 Å². The highest BCUT2D eigenvalue weighted by atomic mass is 32.1. The Labute approximate surface area is 140 Å². The number of pyridine rings is 1. The maximum atomic E-state index is 4.65. The second-order valence-electron chi connectivity index (χ2n) is 5.59. The Balaban J connectivity index is 1.72. The Bertz CT molecular complexity index is 783. The number of aryl methyl sites for hydroxylation is 2. The first-order chi connectivity index (χ1) is 11.1. The van der Waals surface area contributed by atoms with Crippen molar-refractivity contribution >= 4 is 11.3 Å². The van der Waals surface area contributed by atoms with Crippen LogP contribution >= 0.6 is 11.3 Å². The molecule has 0 amide bonds. The molecule has 0 aliphatic rings. The minimum absolute atomic E-state index is 0.212. The smallest absolute Gasteiger partial charge is 0.159 e. The Morgan fingerprint density at radius 2 is 1.91 bits per heavy atom. The Morgan fingerprint density at radius 3 is 2.57 bits per heavy atom. The van der Waals surface area contributed by atoms with Gasteiger partial charge in [0.15, 0.2) is 5.82 Å². The van der Waals surface area contributed by atoms with Gasteiger partial charge in [-0.05, 0) is 45.0 Å². The molecule has 3 heterocycles. The summed E-state index contributed by atoms with van der Waals surface area (Å²) < 4.78 is 0. The van der Waals surface area contributed by atoms with Gasteiger partial charge >= 0.3 is 0 Å². The molecule has 0 spiro atoms. The number of aromatic nitrogens is 3. The number of hydrogen-bond donors (Lipinski definition) is 1. The van der Waals surface area contributed by atoms with Gasteiger partial charge in [-0.1, -0.05) is 0 Å². The molecular weight excluding hydrogens is 304 g/mol. The molecule has 0 aromatic carbocycles. The van der Waals surface area contributed by atoms with Gasteiger partial charge in [0.1, 0.15) is 0 Å². The van der Waals surface area contributed by atoms with E-state index in [9.17, 15) is 0 Å². The standard InChI is InChI=1S/C18H20N4S/c1-12-4-5-16(23-12)10-20-13(2)17-11-21-18(22-14(17)3)15-6-8-19-9-7-15/h4-9,11,13,20H,10H2,1-3H3/t13-/m0/s1. The number of nitrogens with zero attached hydrogens (tertiary/aromatic N) is 3. The molecule has 0 saturated heterocycles. The summed E-state index contributed by atoms with van der Waals surface area (Å²) in [6.45, 7) is 7.19. The third kappa shape index (κ3) is 3.81. The molecule has 5 heteroatoms. The SMILES string of the molecule is Cc1ccc(CN[C@@H](C)c2cnc(-c3ccncc3)nc2C)s1. The summed E-state index contributed by atoms with van der Waals surface area (Å²) in [7, 11) is 0. The van der Waals surface area contributed by atoms with Crippen molar-refractivity contribution in [1.82, 2.24) is 20.3 Å². The van der Waals surface area contributed by atoms with Crippen LogP contribution in [0.3, 0.4) is 0 Å². The zero-order valence-electron chi connectivity index (χ0n) is 13.6. The first-order valence-electron chi connectivity index (χ1n) is 7.66. The molecule has 1 N–H and O–H groups in total. The second-order valence-corrected chi connectivity index (χ2v) is 6.96. The largest absolute Gasteiger partial charge is 0.305 e. The quantitative estimate of drug-likeness (QED) is 0.768. The molecule has 118 valence electrons. The lowest BCUT2D eigenvalue weighted by atomic mass is 10.1. The van der Waals surface area contributed by atoms with Gasteiger partial charge in [0.25, 0.3) is 0 Å². The Kier molecular flexibility index (Phi) is 4.79. The predicted molar refractivity (Wildman–Crippen MR) is 94.3 cm³/mol. The van der Waals surface area contributed by atoms with Gasteiger partial charge in [-0.15, -0.1) is 11.3 Å². The van der Waals surface area contributed by atoms with E-state index in [2.05, 4.69) is 46.2 Å². The molecule has 3 rings (SSSR count). The Morgan fingerprint density at radius 1 is 1.13 bits per heavy atom. The van der Waals surface area contributed by atoms with E-state index < -0.39 is 0 Å². The van der Waals surface area contributed by atoms with Gasteiger partial charge in [0, 0.05) is 57.8 Å². The van der Waals surface area contributed by atoms with E-state index in [4.69, 9.17) is 0 Å². The molecule has 3 aromatic heterocycles. The summed E-state index contributed by atoms with van der Waals surface area (Å²) in [6.07, 6.45) is 5.44. The highest BCUT2D eigenvalue weighted by molar-refractivity contribution is 7.11. The van der Waals surface area contributed by atoms with Crippen LogP contribution < -0.4 is 5.32 Å². The van der Waals surface area contributed by atoms with Crippen molar-refractivity contribution in [1.29, 1.82) is 0 Å². The highest BCUT2D eigenvalue weighted by Gasteiger charge is 2.12. The molecule has 0 aliphatic heterocycles. The maximum Gasteiger partial charge on any atom is 0.159 e. The van der Waals surface area contributed by atoms with Crippen molar-refractivity contribution in [3.63, 3.8) is 0 Å². The third-order valence-electron chi connectivity index (χ3n) is 3.80. The monoisotopic (exact) mass is 324 g/mol. The average molecular weight is 324 g/mol. The van der Waals surface area contributed by atoms with Crippen LogP contribution in [-0.4, -0.2) is 15.0 Å². The minimum Gasteiger partial charge on any atom is -0.305 e. The third-order valence-corrected chi connectivity index (χ3v) is 4.80. The first kappa shape index (κ1) is 15.8. The van der Waals surface area contributed by atoms with Crippen LogP contribution in [0, 0.1) is 13.8 Å². The van der Waals surface area contributed by atoms with Crippen LogP contribution in [0.2, 0.25) is 0 Å². The van der Waals surface area contributed by atoms with Crippen molar-refractivity contribution in [3.8, 4) is 11.4 Å². The van der Waals surface area contributed by atoms with Gasteiger partial charge in [-0.2, -0.15) is 0 Å². The van der Waals surface area contributed by atoms with Crippen molar-refractivity contribution in [3.05, 3.63) is 63.9 Å². The van der Waals surface area contributed by atoms with Crippen molar-refractivity contribution in [2.75, 3.05) is 0 Å². The van der Waals surface area contributed by atoms with Gasteiger partial charge in [-0.25, -0.2) is 9.97 Å². The molecule has 0 bridgehead atoms. The van der Waals surface area contributed by atoms with Gasteiger partial charge in [0.05, 0.1) is 0 Å². The molecular formula is C18H20N4S. The van der Waals surface area contributed by atoms with Gasteiger partial charge in [0.2, 0.25) is 0 Å². The van der Waals surface area contributed by atoms with Crippen LogP contribution in [0.5, 0.6) is 0 Å². The molecule has 0 saturated carbocycles. The molecule has 0 unspecified atom stereocenters. The zero-order valence-corrected chi connectivity index (χ0v) is 14.4. The molecule has 0 aliphatic carbocycles. The van der Waals surface area contributed by atoms with E-state index in [1.54, 1.807) is 12.4 Å². The topological polar surface area (TPSA) is 50.7 Å². The van der Waals surface area contributed by atoms with E-state index in [0.717, 1.165) is 29.2 Å². The van der Waals surface area contributed by atoms with Crippen LogP contribution in [0.15, 0.2) is 42.9 Å². The Hall–Kier alpha value is -2.11. The van der Waals surface area contributed by atoms with E-state index in [1.807, 2.05) is 36.6 Å². The lowest BCUT2D eigenvalue weighted by Gasteiger charge is -2.16. The molecule has 0 fully saturated rings. The van der Waals surface area contributed by atoms with Crippen LogP contribution in [0.4, 0.5) is 0 Å². The maximum absolute atomic E-state index is 4.65. The molecule has 3 aromatic rings. The first-order valence-corrected chi connectivity index (χ1v) is 8.48. The average Bonchev–Trinajstić information content (AvgIpc) is 2.99. The van der Waals surface area contributed by atoms with Gasteiger partial charge in [-0.3, -0.25) is 4.98 Å². The number of nitrogens with one attached hydrogen (secondary N) is 1. The second kappa shape index (κ2) is 6.98. The van der Waals surface area contributed by atoms with E-state index >= 15 is 0 Å². The number of rotatable bonds is 5. The molecule has 4 nitrogen and oxygen atoms in total. The van der Waals surface area contributed by atoms with Crippen molar-refractivity contribution < 1.29 is 0 Å². The molecule has 0 radical (unpaired) electrons. The molecule has 1 atom stereocenters. The van der Waals surface area contributed by atoms with E-state index in [-0.39, 0.29) is 6.04 Å². The fraction of sp³-hybridized carbons (Fsp3) is 0.278. The van der Waals surface area contributed by atoms with E-state index in [1.165, 1.54) is 9.75 Å². The summed E-state index contributed by atoms with van der Waals surface area (Å²) in [5.41, 5.74) is 3.13. The number of hydrogen-bond acceptors (Lipinski definition) is 5. The fourth-order valence-electron chi connectivity index (χ4n) is 2.49. The van der Waals surface area contributed by atoms with Crippen molar-refractivity contribution in [2.24, 2.45) is 0 Å². The summed E-state index contributed by atoms with van der Waals surface area (Å²) in [5, 5.41) is 3.55. The normalized spacial score (nSPS) is 12.3. The molecule has 23 heavy (non-hydrogen) atoms.